The van der Waals surface area contributed by atoms with Crippen LogP contribution in [-0.2, 0) is 10.9 Å². The Bertz CT molecular complexity index is 1140. The minimum absolute atomic E-state index is 0.0208. The molecule has 1 unspecified atom stereocenters. The predicted octanol–water partition coefficient (Wildman–Crippen LogP) is 4.97. The van der Waals surface area contributed by atoms with Crippen molar-refractivity contribution >= 4 is 18.0 Å². The molecule has 9 nitrogen and oxygen atoms in total. The van der Waals surface area contributed by atoms with Crippen LogP contribution in [-0.4, -0.2) is 67.6 Å². The molecule has 37 heavy (non-hydrogen) atoms. The van der Waals surface area contributed by atoms with Crippen LogP contribution in [0.2, 0.25) is 0 Å². The SMILES string of the molecule is CC(C)(C)OC(=O)N1CC[C@H](Nc2nc(NC3CCC(F)(F)C3)nc(-c3cccc(C(F)(F)F)n3)n2)C1. The highest BCUT2D eigenvalue weighted by Crippen LogP contribution is 2.36. The predicted molar refractivity (Wildman–Crippen MR) is 124 cm³/mol. The van der Waals surface area contributed by atoms with Crippen LogP contribution < -0.4 is 10.6 Å². The van der Waals surface area contributed by atoms with Crippen molar-refractivity contribution in [3.63, 3.8) is 0 Å². The Morgan fingerprint density at radius 1 is 1.03 bits per heavy atom. The minimum Gasteiger partial charge on any atom is -0.444 e. The fourth-order valence-corrected chi connectivity index (χ4v) is 4.15. The lowest BCUT2D eigenvalue weighted by Crippen LogP contribution is -2.36. The van der Waals surface area contributed by atoms with Gasteiger partial charge < -0.3 is 20.3 Å². The van der Waals surface area contributed by atoms with Gasteiger partial charge in [-0.2, -0.15) is 28.1 Å². The van der Waals surface area contributed by atoms with Crippen molar-refractivity contribution in [2.45, 2.75) is 76.2 Å². The number of carbonyl (C=O) groups is 1. The van der Waals surface area contributed by atoms with Crippen molar-refractivity contribution in [3.8, 4) is 11.5 Å². The van der Waals surface area contributed by atoms with E-state index < -0.39 is 41.9 Å². The number of likely N-dealkylation sites (tertiary alicyclic amines) is 1. The van der Waals surface area contributed by atoms with E-state index in [1.54, 1.807) is 20.8 Å². The molecule has 1 amide bonds. The Morgan fingerprint density at radius 2 is 1.70 bits per heavy atom. The maximum absolute atomic E-state index is 13.7. The van der Waals surface area contributed by atoms with Gasteiger partial charge in [0.25, 0.3) is 0 Å². The molecule has 2 atom stereocenters. The van der Waals surface area contributed by atoms with Crippen molar-refractivity contribution in [1.29, 1.82) is 0 Å². The van der Waals surface area contributed by atoms with Crippen molar-refractivity contribution in [1.82, 2.24) is 24.8 Å². The Morgan fingerprint density at radius 3 is 2.30 bits per heavy atom. The summed E-state index contributed by atoms with van der Waals surface area (Å²) in [6.07, 6.45) is -5.11. The van der Waals surface area contributed by atoms with Gasteiger partial charge in [0.15, 0.2) is 5.82 Å². The first-order chi connectivity index (χ1) is 17.2. The van der Waals surface area contributed by atoms with Gasteiger partial charge in [-0.1, -0.05) is 6.07 Å². The van der Waals surface area contributed by atoms with Crippen LogP contribution in [0.4, 0.5) is 38.6 Å². The summed E-state index contributed by atoms with van der Waals surface area (Å²) in [4.78, 5) is 30.2. The number of hydrogen-bond donors (Lipinski definition) is 2. The van der Waals surface area contributed by atoms with Gasteiger partial charge >= 0.3 is 12.3 Å². The van der Waals surface area contributed by atoms with E-state index in [9.17, 15) is 26.7 Å². The zero-order chi connectivity index (χ0) is 27.0. The molecule has 14 heteroatoms. The van der Waals surface area contributed by atoms with Gasteiger partial charge in [0.2, 0.25) is 17.8 Å². The topological polar surface area (TPSA) is 105 Å². The number of alkyl halides is 5. The van der Waals surface area contributed by atoms with Gasteiger partial charge in [-0.25, -0.2) is 18.6 Å². The fraction of sp³-hybridized carbons (Fsp3) is 0.609. The van der Waals surface area contributed by atoms with Gasteiger partial charge in [-0.3, -0.25) is 0 Å². The van der Waals surface area contributed by atoms with Gasteiger partial charge in [0, 0.05) is 38.0 Å². The van der Waals surface area contributed by atoms with E-state index in [1.165, 1.54) is 17.0 Å². The van der Waals surface area contributed by atoms with Crippen LogP contribution in [0, 0.1) is 0 Å². The largest absolute Gasteiger partial charge is 0.444 e. The van der Waals surface area contributed by atoms with Gasteiger partial charge in [-0.05, 0) is 45.7 Å². The molecule has 2 aliphatic rings. The fourth-order valence-electron chi connectivity index (χ4n) is 4.15. The normalized spacial score (nSPS) is 21.7. The Hall–Kier alpha value is -3.32. The standard InChI is InChI=1S/C23H28F5N7O2/c1-21(2,3)37-20(36)35-10-8-14(12-35)30-19-33-17(15-5-4-6-16(31-15)23(26,27)28)32-18(34-19)29-13-7-9-22(24,25)11-13/h4-6,13-14H,7-12H2,1-3H3,(H2,29,30,32,33,34)/t13?,14-/m0/s1. The van der Waals surface area contributed by atoms with Gasteiger partial charge in [0.1, 0.15) is 17.0 Å². The summed E-state index contributed by atoms with van der Waals surface area (Å²) >= 11 is 0. The highest BCUT2D eigenvalue weighted by molar-refractivity contribution is 5.68. The number of nitrogens with zero attached hydrogens (tertiary/aromatic N) is 5. The average Bonchev–Trinajstić information content (AvgIpc) is 3.38. The van der Waals surface area contributed by atoms with Crippen molar-refractivity contribution < 1.29 is 31.5 Å². The molecule has 1 saturated heterocycles. The van der Waals surface area contributed by atoms with E-state index in [0.717, 1.165) is 6.07 Å². The number of hydrogen-bond acceptors (Lipinski definition) is 8. The summed E-state index contributed by atoms with van der Waals surface area (Å²) < 4.78 is 72.4. The third-order valence-corrected chi connectivity index (χ3v) is 5.81. The van der Waals surface area contributed by atoms with Crippen LogP contribution in [0.1, 0.15) is 52.1 Å². The van der Waals surface area contributed by atoms with E-state index in [0.29, 0.717) is 13.0 Å². The number of carbonyl (C=O) groups excluding carboxylic acids is 1. The molecular formula is C23H28F5N7O2. The molecule has 4 rings (SSSR count). The van der Waals surface area contributed by atoms with Crippen molar-refractivity contribution in [3.05, 3.63) is 23.9 Å². The number of nitrogens with one attached hydrogen (secondary N) is 2. The number of rotatable bonds is 5. The zero-order valence-corrected chi connectivity index (χ0v) is 20.6. The minimum atomic E-state index is -4.67. The third kappa shape index (κ3) is 7.13. The molecule has 0 radical (unpaired) electrons. The first-order valence-corrected chi connectivity index (χ1v) is 11.9. The molecule has 0 spiro atoms. The number of aromatic nitrogens is 4. The van der Waals surface area contributed by atoms with Crippen molar-refractivity contribution in [2.75, 3.05) is 23.7 Å². The van der Waals surface area contributed by atoms with E-state index >= 15 is 0 Å². The maximum Gasteiger partial charge on any atom is 0.433 e. The van der Waals surface area contributed by atoms with Crippen LogP contribution >= 0.6 is 0 Å². The summed E-state index contributed by atoms with van der Waals surface area (Å²) in [6, 6.07) is 2.44. The Balaban J connectivity index is 1.57. The molecule has 1 aliphatic carbocycles. The van der Waals surface area contributed by atoms with Gasteiger partial charge in [-0.15, -0.1) is 0 Å². The van der Waals surface area contributed by atoms with Crippen molar-refractivity contribution in [2.24, 2.45) is 0 Å². The van der Waals surface area contributed by atoms with E-state index in [4.69, 9.17) is 4.74 Å². The molecule has 2 aromatic rings. The molecule has 1 saturated carbocycles. The molecule has 2 N–H and O–H groups in total. The van der Waals surface area contributed by atoms with Crippen LogP contribution in [0.3, 0.4) is 0 Å². The molecule has 1 aliphatic heterocycles. The quantitative estimate of drug-likeness (QED) is 0.523. The van der Waals surface area contributed by atoms with Crippen LogP contribution in [0.5, 0.6) is 0 Å². The molecule has 2 aromatic heterocycles. The lowest BCUT2D eigenvalue weighted by molar-refractivity contribution is -0.141. The highest BCUT2D eigenvalue weighted by Gasteiger charge is 2.40. The zero-order valence-electron chi connectivity index (χ0n) is 20.6. The Kier molecular flexibility index (Phi) is 7.12. The smallest absolute Gasteiger partial charge is 0.433 e. The monoisotopic (exact) mass is 529 g/mol. The first-order valence-electron chi connectivity index (χ1n) is 11.9. The third-order valence-electron chi connectivity index (χ3n) is 5.81. The second-order valence-electron chi connectivity index (χ2n) is 10.2. The number of amides is 1. The Labute approximate surface area is 210 Å². The van der Waals surface area contributed by atoms with Crippen LogP contribution in [0.25, 0.3) is 11.5 Å². The molecule has 3 heterocycles. The van der Waals surface area contributed by atoms with Crippen LogP contribution in [0.15, 0.2) is 18.2 Å². The first kappa shape index (κ1) is 26.7. The maximum atomic E-state index is 13.7. The molecule has 0 bridgehead atoms. The second-order valence-corrected chi connectivity index (χ2v) is 10.2. The summed E-state index contributed by atoms with van der Waals surface area (Å²) in [7, 11) is 0. The number of anilines is 2. The molecule has 2 fully saturated rings. The average molecular weight is 530 g/mol. The lowest BCUT2D eigenvalue weighted by Gasteiger charge is -2.24. The van der Waals surface area contributed by atoms with E-state index in [1.807, 2.05) is 0 Å². The number of halogens is 5. The van der Waals surface area contributed by atoms with E-state index in [2.05, 4.69) is 30.6 Å². The number of pyridine rings is 1. The summed E-state index contributed by atoms with van der Waals surface area (Å²) in [5.41, 5.74) is -1.92. The molecular weight excluding hydrogens is 501 g/mol. The summed E-state index contributed by atoms with van der Waals surface area (Å²) in [5, 5.41) is 5.93. The van der Waals surface area contributed by atoms with E-state index in [-0.39, 0.29) is 48.8 Å². The molecule has 0 aromatic carbocycles. The highest BCUT2D eigenvalue weighted by atomic mass is 19.4. The number of ether oxygens (including phenoxy) is 1. The molecule has 202 valence electrons. The van der Waals surface area contributed by atoms with Gasteiger partial charge in [0.05, 0.1) is 0 Å². The lowest BCUT2D eigenvalue weighted by atomic mass is 10.2. The summed E-state index contributed by atoms with van der Waals surface area (Å²) in [5.74, 6) is -3.01. The second kappa shape index (κ2) is 9.86. The summed E-state index contributed by atoms with van der Waals surface area (Å²) in [6.45, 7) is 6.00.